The normalized spacial score (nSPS) is 17.8. The lowest BCUT2D eigenvalue weighted by molar-refractivity contribution is -0.129. The molecule has 24 heavy (non-hydrogen) atoms. The zero-order chi connectivity index (χ0) is 17.9. The number of ether oxygens (including phenoxy) is 1. The summed E-state index contributed by atoms with van der Waals surface area (Å²) in [5.41, 5.74) is 0.968. The monoisotopic (exact) mass is 332 g/mol. The van der Waals surface area contributed by atoms with E-state index in [0.29, 0.717) is 18.8 Å². The van der Waals surface area contributed by atoms with Gasteiger partial charge in [0.1, 0.15) is 5.75 Å². The first-order chi connectivity index (χ1) is 11.4. The minimum Gasteiger partial charge on any atom is -0.503 e. The molecule has 6 nitrogen and oxygen atoms in total. The summed E-state index contributed by atoms with van der Waals surface area (Å²) in [5, 5.41) is 10.3. The smallest absolute Gasteiger partial charge is 0.290 e. The van der Waals surface area contributed by atoms with Crippen molar-refractivity contribution in [2.45, 2.75) is 19.4 Å². The maximum absolute atomic E-state index is 12.5. The van der Waals surface area contributed by atoms with Gasteiger partial charge >= 0.3 is 0 Å². The zero-order valence-corrected chi connectivity index (χ0v) is 14.6. The Morgan fingerprint density at radius 1 is 1.29 bits per heavy atom. The average molecular weight is 332 g/mol. The highest BCUT2D eigenvalue weighted by molar-refractivity contribution is 6.08. The average Bonchev–Trinajstić information content (AvgIpc) is 2.83. The summed E-state index contributed by atoms with van der Waals surface area (Å²) in [4.78, 5) is 28.3. The summed E-state index contributed by atoms with van der Waals surface area (Å²) in [7, 11) is 5.40. The summed E-state index contributed by atoms with van der Waals surface area (Å²) in [6, 6.07) is 6.65. The van der Waals surface area contributed by atoms with Gasteiger partial charge in [-0.05, 0) is 31.8 Å². The van der Waals surface area contributed by atoms with Crippen LogP contribution in [0.5, 0.6) is 5.75 Å². The molecule has 0 radical (unpaired) electrons. The van der Waals surface area contributed by atoms with Crippen molar-refractivity contribution in [2.24, 2.45) is 0 Å². The molecule has 130 valence electrons. The van der Waals surface area contributed by atoms with Crippen LogP contribution in [0.15, 0.2) is 35.6 Å². The molecule has 0 bridgehead atoms. The fraction of sp³-hybridized carbons (Fsp3) is 0.444. The van der Waals surface area contributed by atoms with E-state index in [2.05, 4.69) is 0 Å². The third-order valence-corrected chi connectivity index (χ3v) is 4.14. The van der Waals surface area contributed by atoms with Crippen molar-refractivity contribution >= 4 is 11.7 Å². The lowest BCUT2D eigenvalue weighted by Gasteiger charge is -2.28. The van der Waals surface area contributed by atoms with Crippen molar-refractivity contribution in [1.29, 1.82) is 0 Å². The molecule has 1 aromatic rings. The van der Waals surface area contributed by atoms with Crippen LogP contribution in [0.2, 0.25) is 0 Å². The van der Waals surface area contributed by atoms with Gasteiger partial charge in [-0.2, -0.15) is 0 Å². The van der Waals surface area contributed by atoms with Gasteiger partial charge in [-0.25, -0.2) is 0 Å². The molecule has 1 aliphatic heterocycles. The van der Waals surface area contributed by atoms with Crippen LogP contribution in [0.1, 0.15) is 24.9 Å². The number of carbonyl (C=O) groups is 2. The molecule has 0 aliphatic carbocycles. The van der Waals surface area contributed by atoms with E-state index in [4.69, 9.17) is 4.74 Å². The fourth-order valence-corrected chi connectivity index (χ4v) is 2.80. The fourth-order valence-electron chi connectivity index (χ4n) is 2.80. The van der Waals surface area contributed by atoms with Crippen LogP contribution in [0, 0.1) is 0 Å². The zero-order valence-electron chi connectivity index (χ0n) is 14.6. The summed E-state index contributed by atoms with van der Waals surface area (Å²) < 4.78 is 5.16. The van der Waals surface area contributed by atoms with Crippen LogP contribution in [0.3, 0.4) is 0 Å². The Kier molecular flexibility index (Phi) is 5.62. The third-order valence-electron chi connectivity index (χ3n) is 4.14. The molecular weight excluding hydrogens is 308 g/mol. The first kappa shape index (κ1) is 18.0. The van der Waals surface area contributed by atoms with E-state index in [1.165, 1.54) is 0 Å². The Balaban J connectivity index is 2.44. The van der Waals surface area contributed by atoms with E-state index in [1.54, 1.807) is 31.1 Å². The number of benzene rings is 1. The standard InChI is InChI=1S/C18H24N2O4/c1-5-14(21)15-16(12-6-8-13(24-4)9-7-12)20(11-10-19(2)3)18(23)17(15)22/h6-9,16,22H,5,10-11H2,1-4H3. The molecular formula is C18H24N2O4. The molecule has 1 aliphatic rings. The van der Waals surface area contributed by atoms with E-state index in [1.807, 2.05) is 31.1 Å². The van der Waals surface area contributed by atoms with Gasteiger partial charge in [0.2, 0.25) is 0 Å². The highest BCUT2D eigenvalue weighted by Crippen LogP contribution is 2.38. The molecule has 0 aromatic heterocycles. The van der Waals surface area contributed by atoms with Gasteiger partial charge in [-0.1, -0.05) is 19.1 Å². The maximum Gasteiger partial charge on any atom is 0.290 e. The van der Waals surface area contributed by atoms with Crippen molar-refractivity contribution in [3.8, 4) is 5.75 Å². The Labute approximate surface area is 142 Å². The van der Waals surface area contributed by atoms with Crippen LogP contribution in [0.25, 0.3) is 0 Å². The lowest BCUT2D eigenvalue weighted by atomic mass is 9.95. The van der Waals surface area contributed by atoms with E-state index in [-0.39, 0.29) is 17.8 Å². The number of likely N-dealkylation sites (N-methyl/N-ethyl adjacent to an activating group) is 1. The summed E-state index contributed by atoms with van der Waals surface area (Å²) in [5.74, 6) is -0.440. The topological polar surface area (TPSA) is 70.1 Å². The van der Waals surface area contributed by atoms with Crippen molar-refractivity contribution in [3.05, 3.63) is 41.2 Å². The van der Waals surface area contributed by atoms with Crippen molar-refractivity contribution in [2.75, 3.05) is 34.3 Å². The molecule has 1 unspecified atom stereocenters. The van der Waals surface area contributed by atoms with Crippen LogP contribution >= 0.6 is 0 Å². The van der Waals surface area contributed by atoms with Gasteiger partial charge in [-0.3, -0.25) is 9.59 Å². The summed E-state index contributed by atoms with van der Waals surface area (Å²) in [6.45, 7) is 2.78. The van der Waals surface area contributed by atoms with Crippen molar-refractivity contribution in [1.82, 2.24) is 9.80 Å². The summed E-state index contributed by atoms with van der Waals surface area (Å²) in [6.07, 6.45) is 0.237. The molecule has 1 N–H and O–H groups in total. The Hall–Kier alpha value is -2.34. The molecule has 1 atom stereocenters. The van der Waals surface area contributed by atoms with Gasteiger partial charge < -0.3 is 19.6 Å². The van der Waals surface area contributed by atoms with Gasteiger partial charge in [0, 0.05) is 19.5 Å². The number of carbonyl (C=O) groups excluding carboxylic acids is 2. The Morgan fingerprint density at radius 3 is 2.42 bits per heavy atom. The Morgan fingerprint density at radius 2 is 1.92 bits per heavy atom. The predicted octanol–water partition coefficient (Wildman–Crippen LogP) is 1.93. The highest BCUT2D eigenvalue weighted by atomic mass is 16.5. The molecule has 0 spiro atoms. The minimum atomic E-state index is -0.559. The summed E-state index contributed by atoms with van der Waals surface area (Å²) >= 11 is 0. The first-order valence-corrected chi connectivity index (χ1v) is 7.96. The Bertz CT molecular complexity index is 649. The van der Waals surface area contributed by atoms with Crippen LogP contribution in [-0.2, 0) is 9.59 Å². The van der Waals surface area contributed by atoms with E-state index >= 15 is 0 Å². The number of ketones is 1. The molecule has 1 heterocycles. The predicted molar refractivity (Wildman–Crippen MR) is 91.0 cm³/mol. The van der Waals surface area contributed by atoms with Crippen molar-refractivity contribution in [3.63, 3.8) is 0 Å². The second-order valence-corrected chi connectivity index (χ2v) is 6.02. The number of methoxy groups -OCH3 is 1. The number of nitrogens with zero attached hydrogens (tertiary/aromatic N) is 2. The molecule has 0 saturated heterocycles. The number of Topliss-reactive ketones (excluding diaryl/α,β-unsaturated/α-hetero) is 1. The van der Waals surface area contributed by atoms with Crippen molar-refractivity contribution < 1.29 is 19.4 Å². The molecule has 0 saturated carbocycles. The first-order valence-electron chi connectivity index (χ1n) is 7.96. The van der Waals surface area contributed by atoms with E-state index < -0.39 is 17.7 Å². The lowest BCUT2D eigenvalue weighted by Crippen LogP contribution is -2.36. The third kappa shape index (κ3) is 3.43. The van der Waals surface area contributed by atoms with Crippen LogP contribution in [0.4, 0.5) is 0 Å². The quantitative estimate of drug-likeness (QED) is 0.826. The maximum atomic E-state index is 12.5. The van der Waals surface area contributed by atoms with E-state index in [9.17, 15) is 14.7 Å². The highest BCUT2D eigenvalue weighted by Gasteiger charge is 2.42. The molecule has 0 fully saturated rings. The molecule has 2 rings (SSSR count). The molecule has 1 aromatic carbocycles. The second kappa shape index (κ2) is 7.49. The van der Waals surface area contributed by atoms with Gasteiger partial charge in [-0.15, -0.1) is 0 Å². The number of hydrogen-bond acceptors (Lipinski definition) is 5. The van der Waals surface area contributed by atoms with Crippen LogP contribution < -0.4 is 4.74 Å². The largest absolute Gasteiger partial charge is 0.503 e. The van der Waals surface area contributed by atoms with Gasteiger partial charge in [0.25, 0.3) is 5.91 Å². The SMILES string of the molecule is CCC(=O)C1=C(O)C(=O)N(CCN(C)C)C1c1ccc(OC)cc1. The number of rotatable bonds is 7. The minimum absolute atomic E-state index is 0.187. The molecule has 6 heteroatoms. The number of aliphatic hydroxyl groups is 1. The number of amides is 1. The van der Waals surface area contributed by atoms with E-state index in [0.717, 1.165) is 5.56 Å². The van der Waals surface area contributed by atoms with Gasteiger partial charge in [0.05, 0.1) is 18.7 Å². The van der Waals surface area contributed by atoms with Crippen LogP contribution in [-0.4, -0.2) is 60.9 Å². The number of aliphatic hydroxyl groups excluding tert-OH is 1. The molecule has 1 amide bonds. The van der Waals surface area contributed by atoms with Gasteiger partial charge in [0.15, 0.2) is 11.5 Å². The number of hydrogen-bond donors (Lipinski definition) is 1. The second-order valence-electron chi connectivity index (χ2n) is 6.02.